The van der Waals surface area contributed by atoms with Crippen molar-refractivity contribution in [3.05, 3.63) is 23.6 Å². The first-order chi connectivity index (χ1) is 10.1. The number of methoxy groups -OCH3 is 1. The molecule has 21 heavy (non-hydrogen) atoms. The summed E-state index contributed by atoms with van der Waals surface area (Å²) in [6, 6.07) is 1.07. The summed E-state index contributed by atoms with van der Waals surface area (Å²) in [4.78, 5) is 27.2. The second-order valence-corrected chi connectivity index (χ2v) is 4.11. The molecule has 0 aromatic carbocycles. The van der Waals surface area contributed by atoms with Gasteiger partial charge in [0.1, 0.15) is 11.6 Å². The zero-order valence-electron chi connectivity index (χ0n) is 12.0. The number of rotatable bonds is 8. The predicted octanol–water partition coefficient (Wildman–Crippen LogP) is 0.145. The smallest absolute Gasteiger partial charge is 0.255 e. The Balaban J connectivity index is 2.58. The van der Waals surface area contributed by atoms with Crippen LogP contribution in [-0.2, 0) is 9.53 Å². The van der Waals surface area contributed by atoms with Gasteiger partial charge < -0.3 is 20.7 Å². The summed E-state index contributed by atoms with van der Waals surface area (Å²) in [5, 5.41) is 7.83. The molecule has 0 radical (unpaired) electrons. The molecule has 8 heteroatoms. The molecular weight excluding hydrogens is 279 g/mol. The lowest BCUT2D eigenvalue weighted by atomic mass is 10.2. The minimum Gasteiger partial charge on any atom is -0.383 e. The van der Waals surface area contributed by atoms with E-state index in [0.29, 0.717) is 19.7 Å². The third-order valence-corrected chi connectivity index (χ3v) is 2.48. The number of pyridine rings is 1. The van der Waals surface area contributed by atoms with Gasteiger partial charge in [-0.25, -0.2) is 9.37 Å². The molecule has 1 heterocycles. The molecule has 0 atom stereocenters. The van der Waals surface area contributed by atoms with E-state index in [2.05, 4.69) is 20.9 Å². The molecule has 1 rings (SSSR count). The van der Waals surface area contributed by atoms with E-state index in [1.54, 1.807) is 0 Å². The van der Waals surface area contributed by atoms with E-state index in [1.807, 2.05) is 6.92 Å². The average Bonchev–Trinajstić information content (AvgIpc) is 2.47. The zero-order chi connectivity index (χ0) is 15.7. The number of carbonyl (C=O) groups excluding carboxylic acids is 2. The lowest BCUT2D eigenvalue weighted by Crippen LogP contribution is -2.38. The maximum atomic E-state index is 13.2. The Morgan fingerprint density at radius 2 is 2.14 bits per heavy atom. The second-order valence-electron chi connectivity index (χ2n) is 4.11. The Morgan fingerprint density at radius 3 is 2.81 bits per heavy atom. The van der Waals surface area contributed by atoms with Crippen molar-refractivity contribution in [3.8, 4) is 0 Å². The normalized spacial score (nSPS) is 10.0. The van der Waals surface area contributed by atoms with Crippen LogP contribution in [0.15, 0.2) is 12.3 Å². The Morgan fingerprint density at radius 1 is 1.38 bits per heavy atom. The minimum atomic E-state index is -0.619. The maximum absolute atomic E-state index is 13.2. The van der Waals surface area contributed by atoms with Crippen LogP contribution in [0.1, 0.15) is 17.3 Å². The van der Waals surface area contributed by atoms with Gasteiger partial charge >= 0.3 is 0 Å². The lowest BCUT2D eigenvalue weighted by Gasteiger charge is -2.10. The largest absolute Gasteiger partial charge is 0.383 e. The molecule has 0 bridgehead atoms. The first kappa shape index (κ1) is 16.8. The van der Waals surface area contributed by atoms with Crippen molar-refractivity contribution in [2.24, 2.45) is 0 Å². The number of hydrogen-bond acceptors (Lipinski definition) is 5. The molecule has 1 aromatic heterocycles. The number of hydrogen-bond donors (Lipinski definition) is 3. The van der Waals surface area contributed by atoms with Crippen molar-refractivity contribution in [2.75, 3.05) is 38.7 Å². The van der Waals surface area contributed by atoms with Crippen LogP contribution in [0.2, 0.25) is 0 Å². The standard InChI is InChI=1S/C13H19FN4O3/c1-3-15-12-10(6-9(14)7-17-12)13(20)18-8-11(19)16-4-5-21-2/h6-7H,3-5,8H2,1-2H3,(H,15,17)(H,16,19)(H,18,20). The maximum Gasteiger partial charge on any atom is 0.255 e. The van der Waals surface area contributed by atoms with Gasteiger partial charge in [-0.15, -0.1) is 0 Å². The number of amides is 2. The van der Waals surface area contributed by atoms with Gasteiger partial charge in [-0.2, -0.15) is 0 Å². The van der Waals surface area contributed by atoms with Gasteiger partial charge in [-0.3, -0.25) is 9.59 Å². The zero-order valence-corrected chi connectivity index (χ0v) is 12.0. The Kier molecular flexibility index (Phi) is 7.10. The number of nitrogens with one attached hydrogen (secondary N) is 3. The van der Waals surface area contributed by atoms with Crippen LogP contribution < -0.4 is 16.0 Å². The van der Waals surface area contributed by atoms with Crippen LogP contribution >= 0.6 is 0 Å². The molecule has 0 spiro atoms. The highest BCUT2D eigenvalue weighted by Crippen LogP contribution is 2.13. The number of halogens is 1. The molecule has 3 N–H and O–H groups in total. The van der Waals surface area contributed by atoms with Gasteiger partial charge in [0.2, 0.25) is 5.91 Å². The van der Waals surface area contributed by atoms with Crippen LogP contribution in [0.25, 0.3) is 0 Å². The fourth-order valence-corrected chi connectivity index (χ4v) is 1.53. The van der Waals surface area contributed by atoms with E-state index >= 15 is 0 Å². The van der Waals surface area contributed by atoms with Crippen molar-refractivity contribution in [1.29, 1.82) is 0 Å². The van der Waals surface area contributed by atoms with Gasteiger partial charge in [-0.1, -0.05) is 0 Å². The second kappa shape index (κ2) is 8.85. The van der Waals surface area contributed by atoms with Crippen LogP contribution in [0.5, 0.6) is 0 Å². The Bertz CT molecular complexity index is 496. The molecule has 0 unspecified atom stereocenters. The Hall–Kier alpha value is -2.22. The quantitative estimate of drug-likeness (QED) is 0.594. The van der Waals surface area contributed by atoms with Gasteiger partial charge in [0.15, 0.2) is 0 Å². The van der Waals surface area contributed by atoms with E-state index in [0.717, 1.165) is 12.3 Å². The van der Waals surface area contributed by atoms with Crippen LogP contribution in [-0.4, -0.2) is 50.1 Å². The van der Waals surface area contributed by atoms with Crippen LogP contribution in [0, 0.1) is 5.82 Å². The van der Waals surface area contributed by atoms with Crippen molar-refractivity contribution < 1.29 is 18.7 Å². The van der Waals surface area contributed by atoms with Gasteiger partial charge in [0.05, 0.1) is 24.9 Å². The molecule has 1 aromatic rings. The number of aromatic nitrogens is 1. The number of nitrogens with zero attached hydrogens (tertiary/aromatic N) is 1. The predicted molar refractivity (Wildman–Crippen MR) is 75.6 cm³/mol. The first-order valence-electron chi connectivity index (χ1n) is 6.51. The van der Waals surface area contributed by atoms with Gasteiger partial charge in [-0.05, 0) is 13.0 Å². The number of carbonyl (C=O) groups is 2. The number of ether oxygens (including phenoxy) is 1. The first-order valence-corrected chi connectivity index (χ1v) is 6.51. The summed E-state index contributed by atoms with van der Waals surface area (Å²) >= 11 is 0. The molecule has 0 saturated carbocycles. The van der Waals surface area contributed by atoms with Crippen LogP contribution in [0.4, 0.5) is 10.2 Å². The molecule has 0 saturated heterocycles. The lowest BCUT2D eigenvalue weighted by molar-refractivity contribution is -0.120. The summed E-state index contributed by atoms with van der Waals surface area (Å²) in [5.41, 5.74) is 0.0570. The summed E-state index contributed by atoms with van der Waals surface area (Å²) in [6.45, 7) is 2.91. The molecule has 0 aliphatic rings. The molecule has 2 amide bonds. The molecule has 0 fully saturated rings. The van der Waals surface area contributed by atoms with Crippen molar-refractivity contribution in [1.82, 2.24) is 15.6 Å². The highest BCUT2D eigenvalue weighted by Gasteiger charge is 2.14. The van der Waals surface area contributed by atoms with Crippen molar-refractivity contribution >= 4 is 17.6 Å². The summed E-state index contributed by atoms with van der Waals surface area (Å²) in [5.74, 6) is -1.27. The third-order valence-electron chi connectivity index (χ3n) is 2.48. The minimum absolute atomic E-state index is 0.0570. The highest BCUT2D eigenvalue weighted by atomic mass is 19.1. The average molecular weight is 298 g/mol. The van der Waals surface area contributed by atoms with Gasteiger partial charge in [0.25, 0.3) is 5.91 Å². The monoisotopic (exact) mass is 298 g/mol. The van der Waals surface area contributed by atoms with Crippen molar-refractivity contribution in [3.63, 3.8) is 0 Å². The highest BCUT2D eigenvalue weighted by molar-refractivity contribution is 6.00. The van der Waals surface area contributed by atoms with Crippen molar-refractivity contribution in [2.45, 2.75) is 6.92 Å². The molecule has 0 aliphatic carbocycles. The Labute approximate surface area is 122 Å². The third kappa shape index (κ3) is 5.74. The van der Waals surface area contributed by atoms with E-state index in [1.165, 1.54) is 7.11 Å². The van der Waals surface area contributed by atoms with Gasteiger partial charge in [0, 0.05) is 20.2 Å². The van der Waals surface area contributed by atoms with E-state index in [9.17, 15) is 14.0 Å². The molecule has 0 aliphatic heterocycles. The SMILES string of the molecule is CCNc1ncc(F)cc1C(=O)NCC(=O)NCCOC. The fourth-order valence-electron chi connectivity index (χ4n) is 1.53. The van der Waals surface area contributed by atoms with E-state index < -0.39 is 11.7 Å². The van der Waals surface area contributed by atoms with Crippen LogP contribution in [0.3, 0.4) is 0 Å². The van der Waals surface area contributed by atoms with E-state index in [4.69, 9.17) is 4.74 Å². The molecular formula is C13H19FN4O3. The summed E-state index contributed by atoms with van der Waals surface area (Å²) in [6.07, 6.45) is 1.02. The topological polar surface area (TPSA) is 92.4 Å². The molecule has 116 valence electrons. The number of anilines is 1. The van der Waals surface area contributed by atoms with E-state index in [-0.39, 0.29) is 23.8 Å². The summed E-state index contributed by atoms with van der Waals surface area (Å²) < 4.78 is 18.0. The molecule has 7 nitrogen and oxygen atoms in total. The fraction of sp³-hybridized carbons (Fsp3) is 0.462. The summed E-state index contributed by atoms with van der Waals surface area (Å²) in [7, 11) is 1.52.